The fourth-order valence-corrected chi connectivity index (χ4v) is 0.321. The van der Waals surface area contributed by atoms with E-state index in [1.54, 1.807) is 0 Å². The Balaban J connectivity index is 0. The van der Waals surface area contributed by atoms with E-state index in [0.29, 0.717) is 0 Å². The number of rotatable bonds is 3. The van der Waals surface area contributed by atoms with Crippen LogP contribution in [0.4, 0.5) is 0 Å². The van der Waals surface area contributed by atoms with E-state index in [1.165, 1.54) is 6.92 Å². The topological polar surface area (TPSA) is 75.7 Å². The van der Waals surface area contributed by atoms with Gasteiger partial charge in [-0.15, -0.1) is 4.33 Å². The van der Waals surface area contributed by atoms with Gasteiger partial charge in [-0.2, -0.15) is 0 Å². The molecular weight excluding hydrogens is 143 g/mol. The summed E-state index contributed by atoms with van der Waals surface area (Å²) in [7, 11) is -4.66. The molecule has 50 valence electrons. The first-order chi connectivity index (χ1) is 3.56. The number of hydrogen-bond acceptors (Lipinski definition) is 5. The third-order valence-corrected chi connectivity index (χ3v) is 0.512. The van der Waals surface area contributed by atoms with Crippen molar-refractivity contribution in [1.29, 1.82) is 0 Å². The smallest absolute Gasteiger partial charge is 0.724 e. The minimum atomic E-state index is -4.66. The predicted molar refractivity (Wildman–Crippen MR) is 22.4 cm³/mol. The molecule has 0 bridgehead atoms. The molecule has 0 aromatic rings. The molecule has 0 aliphatic carbocycles. The Hall–Kier alpha value is 0.427. The second-order valence-electron chi connectivity index (χ2n) is 0.883. The second kappa shape index (κ2) is 5.23. The van der Waals surface area contributed by atoms with Crippen molar-refractivity contribution in [3.8, 4) is 0 Å². The Bertz CT molecular complexity index is 139. The van der Waals surface area contributed by atoms with Gasteiger partial charge >= 0.3 is 18.9 Å². The summed E-state index contributed by atoms with van der Waals surface area (Å²) in [5.41, 5.74) is 0. The van der Waals surface area contributed by atoms with E-state index in [9.17, 15) is 13.0 Å². The van der Waals surface area contributed by atoms with E-state index in [0.717, 1.165) is 0 Å². The molecule has 0 saturated carbocycles. The van der Waals surface area contributed by atoms with Crippen molar-refractivity contribution in [3.05, 3.63) is 0 Å². The van der Waals surface area contributed by atoms with Gasteiger partial charge in [0.1, 0.15) is 0 Å². The summed E-state index contributed by atoms with van der Waals surface area (Å²) in [6.07, 6.45) is 0. The second-order valence-corrected chi connectivity index (χ2v) is 1.84. The Kier molecular flexibility index (Phi) is 7.05. The first kappa shape index (κ1) is 12.1. The molecule has 0 saturated heterocycles. The van der Waals surface area contributed by atoms with Gasteiger partial charge in [0.2, 0.25) is 10.4 Å². The normalized spacial score (nSPS) is 10.4. The zero-order valence-electron chi connectivity index (χ0n) is 5.16. The van der Waals surface area contributed by atoms with Crippen LogP contribution in [0.1, 0.15) is 6.92 Å². The van der Waals surface area contributed by atoms with Crippen LogP contribution in [-0.2, 0) is 19.6 Å². The summed E-state index contributed by atoms with van der Waals surface area (Å²) in [5.74, 6) is 0. The minimum absolute atomic E-state index is 0. The third-order valence-electron chi connectivity index (χ3n) is 0.249. The Labute approximate surface area is 65.4 Å². The Morgan fingerprint density at radius 2 is 2.00 bits per heavy atom. The van der Waals surface area contributed by atoms with Crippen molar-refractivity contribution in [2.45, 2.75) is 6.92 Å². The van der Waals surface area contributed by atoms with Crippen LogP contribution in [0, 0.1) is 0 Å². The van der Waals surface area contributed by atoms with Crippen LogP contribution in [0.25, 0.3) is 0 Å². The summed E-state index contributed by atoms with van der Waals surface area (Å²) in [6.45, 7) is 1.52. The molecule has 0 aromatic carbocycles. The Morgan fingerprint density at radius 3 is 2.11 bits per heavy atom. The number of hydrogen-bond donors (Lipinski definition) is 0. The van der Waals surface area contributed by atoms with Crippen molar-refractivity contribution >= 4 is 10.4 Å². The molecule has 0 unspecified atom stereocenters. The summed E-state index contributed by atoms with van der Waals surface area (Å²) >= 11 is 0. The molecule has 0 aliphatic rings. The molecule has 0 radical (unpaired) electrons. The van der Waals surface area contributed by atoms with Crippen LogP contribution in [-0.4, -0.2) is 19.6 Å². The molecule has 0 spiro atoms. The quantitative estimate of drug-likeness (QED) is 0.136. The molecule has 0 rings (SSSR count). The molecule has 0 fully saturated rings. The fraction of sp³-hybridized carbons (Fsp3) is 1.00. The summed E-state index contributed by atoms with van der Waals surface area (Å²) in [5, 5.41) is 0. The van der Waals surface area contributed by atoms with Crippen LogP contribution >= 0.6 is 0 Å². The maximum atomic E-state index is 9.49. The van der Waals surface area contributed by atoms with Crippen LogP contribution in [0.15, 0.2) is 0 Å². The average molecular weight is 148 g/mol. The molecule has 0 aliphatic heterocycles. The van der Waals surface area contributed by atoms with Crippen molar-refractivity contribution < 1.29 is 41.1 Å². The largest absolute Gasteiger partial charge is 1.00 e. The van der Waals surface area contributed by atoms with E-state index in [1.807, 2.05) is 0 Å². The first-order valence-electron chi connectivity index (χ1n) is 1.83. The summed E-state index contributed by atoms with van der Waals surface area (Å²) in [4.78, 5) is 3.80. The SMILES string of the molecule is CCOOS(=O)(=O)[O-].[Li+]. The van der Waals surface area contributed by atoms with Crippen molar-refractivity contribution in [2.24, 2.45) is 0 Å². The van der Waals surface area contributed by atoms with Gasteiger partial charge in [-0.1, -0.05) is 0 Å². The van der Waals surface area contributed by atoms with E-state index < -0.39 is 10.4 Å². The van der Waals surface area contributed by atoms with E-state index in [2.05, 4.69) is 9.22 Å². The van der Waals surface area contributed by atoms with Gasteiger partial charge in [0.05, 0.1) is 6.61 Å². The zero-order chi connectivity index (χ0) is 6.62. The van der Waals surface area contributed by atoms with Gasteiger partial charge in [-0.05, 0) is 6.92 Å². The molecule has 0 aromatic heterocycles. The molecule has 9 heavy (non-hydrogen) atoms. The van der Waals surface area contributed by atoms with Crippen LogP contribution in [0.5, 0.6) is 0 Å². The molecule has 0 atom stereocenters. The van der Waals surface area contributed by atoms with Crippen molar-refractivity contribution in [3.63, 3.8) is 0 Å². The van der Waals surface area contributed by atoms with Crippen LogP contribution in [0.2, 0.25) is 0 Å². The molecule has 0 N–H and O–H groups in total. The van der Waals surface area contributed by atoms with Crippen molar-refractivity contribution in [1.82, 2.24) is 0 Å². The molecule has 0 amide bonds. The maximum Gasteiger partial charge on any atom is 1.00 e. The van der Waals surface area contributed by atoms with Gasteiger partial charge in [0, 0.05) is 0 Å². The van der Waals surface area contributed by atoms with Gasteiger partial charge < -0.3 is 4.55 Å². The summed E-state index contributed by atoms with van der Waals surface area (Å²) in [6, 6.07) is 0. The van der Waals surface area contributed by atoms with Gasteiger partial charge in [0.25, 0.3) is 0 Å². The molecular formula is C2H5LiO5S. The maximum absolute atomic E-state index is 9.49. The fourth-order valence-electron chi connectivity index (χ4n) is 0.107. The molecule has 5 nitrogen and oxygen atoms in total. The van der Waals surface area contributed by atoms with Gasteiger partial charge in [-0.25, -0.2) is 13.3 Å². The van der Waals surface area contributed by atoms with E-state index >= 15 is 0 Å². The van der Waals surface area contributed by atoms with Crippen LogP contribution < -0.4 is 18.9 Å². The summed E-state index contributed by atoms with van der Waals surface area (Å²) < 4.78 is 31.8. The molecule has 0 heterocycles. The third kappa shape index (κ3) is 11.8. The standard InChI is InChI=1S/C2H6O5S.Li/c1-2-6-7-8(3,4)5;/h2H2,1H3,(H,3,4,5);/q;+1/p-1. The van der Waals surface area contributed by atoms with E-state index in [-0.39, 0.29) is 25.5 Å². The average Bonchev–Trinajstić information content (AvgIpc) is 1.59. The monoisotopic (exact) mass is 148 g/mol. The van der Waals surface area contributed by atoms with Gasteiger partial charge in [-0.3, -0.25) is 0 Å². The zero-order valence-corrected chi connectivity index (χ0v) is 5.97. The Morgan fingerprint density at radius 1 is 1.56 bits per heavy atom. The van der Waals surface area contributed by atoms with Crippen molar-refractivity contribution in [2.75, 3.05) is 6.61 Å². The predicted octanol–water partition coefficient (Wildman–Crippen LogP) is -3.58. The van der Waals surface area contributed by atoms with Gasteiger partial charge in [0.15, 0.2) is 0 Å². The first-order valence-corrected chi connectivity index (χ1v) is 3.16. The van der Waals surface area contributed by atoms with E-state index in [4.69, 9.17) is 0 Å². The van der Waals surface area contributed by atoms with Crippen LogP contribution in [0.3, 0.4) is 0 Å². The molecule has 7 heteroatoms. The minimum Gasteiger partial charge on any atom is -0.724 e.